The van der Waals surface area contributed by atoms with E-state index in [-0.39, 0.29) is 51.7 Å². The maximum absolute atomic E-state index is 3.30. The number of unbranched alkanes of at least 4 members (excludes halogenated alkanes) is 2. The first-order chi connectivity index (χ1) is 19.0. The molecule has 0 atom stereocenters. The minimum Gasteiger partial charge on any atom is -0.269 e. The summed E-state index contributed by atoms with van der Waals surface area (Å²) in [7, 11) is 0.750. The maximum atomic E-state index is 3.30. The molecule has 0 fully saturated rings. The van der Waals surface area contributed by atoms with Crippen LogP contribution >= 0.6 is 0 Å². The quantitative estimate of drug-likeness (QED) is 0.165. The third-order valence-electron chi connectivity index (χ3n) is 6.47. The molecule has 0 aliphatic heterocycles. The molecule has 0 heterocycles. The van der Waals surface area contributed by atoms with Gasteiger partial charge in [0.25, 0.3) is 0 Å². The summed E-state index contributed by atoms with van der Waals surface area (Å²) in [4.78, 5) is 0. The van der Waals surface area contributed by atoms with Crippen molar-refractivity contribution in [2.75, 3.05) is 0 Å². The van der Waals surface area contributed by atoms with Crippen molar-refractivity contribution in [1.29, 1.82) is 0 Å². The zero-order chi connectivity index (χ0) is 29.1. The van der Waals surface area contributed by atoms with Gasteiger partial charge in [-0.1, -0.05) is 119 Å². The van der Waals surface area contributed by atoms with Gasteiger partial charge in [-0.05, 0) is 0 Å². The Kier molecular flexibility index (Phi) is 35.7. The fraction of sp³-hybridized carbons (Fsp3) is 0.526. The Bertz CT molecular complexity index is 863. The molecule has 2 aliphatic rings. The second kappa shape index (κ2) is 32.5. The van der Waals surface area contributed by atoms with E-state index in [1.54, 1.807) is 0 Å². The summed E-state index contributed by atoms with van der Waals surface area (Å²) in [6, 6.07) is 13.0. The van der Waals surface area contributed by atoms with Crippen LogP contribution < -0.4 is 0 Å². The van der Waals surface area contributed by atoms with E-state index in [0.29, 0.717) is 0 Å². The van der Waals surface area contributed by atoms with E-state index in [9.17, 15) is 0 Å². The van der Waals surface area contributed by atoms with Gasteiger partial charge in [0.1, 0.15) is 0 Å². The monoisotopic (exact) mass is 903 g/mol. The van der Waals surface area contributed by atoms with Crippen molar-refractivity contribution in [2.24, 2.45) is 0 Å². The SMILES string of the molecule is CCCCC1=[C-]CC=C1.CCCCC1=[C-]CC=C1.CCC[c-]1cccc1C.CCC[c-]1cccc1C.C[SiH]C.[Hf].[Hf]. The number of hydrogen-bond acceptors (Lipinski definition) is 0. The molecule has 0 saturated heterocycles. The first-order valence-electron chi connectivity index (χ1n) is 15.7. The predicted octanol–water partition coefficient (Wildman–Crippen LogP) is 11.6. The predicted molar refractivity (Wildman–Crippen MR) is 180 cm³/mol. The van der Waals surface area contributed by atoms with Crippen molar-refractivity contribution < 1.29 is 51.7 Å². The van der Waals surface area contributed by atoms with Crippen LogP contribution in [0.2, 0.25) is 13.1 Å². The second-order valence-electron chi connectivity index (χ2n) is 10.4. The van der Waals surface area contributed by atoms with Crippen molar-refractivity contribution in [3.8, 4) is 0 Å². The topological polar surface area (TPSA) is 0 Å². The van der Waals surface area contributed by atoms with Crippen LogP contribution in [0.15, 0.2) is 71.8 Å². The van der Waals surface area contributed by atoms with E-state index in [1.165, 1.54) is 97.6 Å². The molecule has 3 heteroatoms. The first kappa shape index (κ1) is 45.1. The molecule has 1 radical (unpaired) electrons. The van der Waals surface area contributed by atoms with Crippen molar-refractivity contribution in [3.05, 3.63) is 106 Å². The molecule has 0 unspecified atom stereocenters. The van der Waals surface area contributed by atoms with Gasteiger partial charge >= 0.3 is 0 Å². The minimum atomic E-state index is 0. The van der Waals surface area contributed by atoms with Crippen LogP contribution in [0.5, 0.6) is 0 Å². The van der Waals surface area contributed by atoms with E-state index in [4.69, 9.17) is 0 Å². The van der Waals surface area contributed by atoms with Gasteiger partial charge in [-0.2, -0.15) is 46.5 Å². The summed E-state index contributed by atoms with van der Waals surface area (Å²) < 4.78 is 0. The first-order valence-corrected chi connectivity index (χ1v) is 18.0. The second-order valence-corrected chi connectivity index (χ2v) is 11.5. The molecular formula is C38H59Hf2Si-4. The smallest absolute Gasteiger partial charge is 0.0213 e. The Morgan fingerprint density at radius 3 is 1.24 bits per heavy atom. The molecule has 41 heavy (non-hydrogen) atoms. The van der Waals surface area contributed by atoms with Gasteiger partial charge < -0.3 is 0 Å². The molecule has 2 aromatic rings. The molecule has 227 valence electrons. The van der Waals surface area contributed by atoms with E-state index in [0.717, 1.165) is 22.4 Å². The molecule has 0 nitrogen and oxygen atoms in total. The largest absolute Gasteiger partial charge is 0.269 e. The summed E-state index contributed by atoms with van der Waals surface area (Å²) in [5.74, 6) is 0. The van der Waals surface area contributed by atoms with Gasteiger partial charge in [-0.3, -0.25) is 12.2 Å². The Balaban J connectivity index is -0.000000447. The molecule has 0 spiro atoms. The third-order valence-corrected chi connectivity index (χ3v) is 6.47. The molecule has 0 saturated carbocycles. The average Bonchev–Trinajstić information content (AvgIpc) is 3.75. The standard InChI is InChI=1S/4C9H13.C2H7Si.2Hf/c2*1-3-5-9-7-4-6-8(9)2;2*1-2-3-6-9-7-4-5-8-9;1-3-2;;/h2*4,6-7H,3,5H2,1-2H3;2*4,7H,2-3,5-6H2,1H3;3H,1-2H3;;/q4*-1;;;. The van der Waals surface area contributed by atoms with Crippen LogP contribution in [-0.2, 0) is 64.5 Å². The van der Waals surface area contributed by atoms with Crippen molar-refractivity contribution in [2.45, 2.75) is 132 Å². The van der Waals surface area contributed by atoms with Crippen LogP contribution in [0, 0.1) is 26.0 Å². The maximum Gasteiger partial charge on any atom is 0.0213 e. The summed E-state index contributed by atoms with van der Waals surface area (Å²) in [5.41, 5.74) is 8.73. The Labute approximate surface area is 296 Å². The fourth-order valence-electron chi connectivity index (χ4n) is 4.17. The van der Waals surface area contributed by atoms with Gasteiger partial charge in [-0.15, -0.1) is 12.8 Å². The zero-order valence-corrected chi connectivity index (χ0v) is 36.2. The molecule has 2 aromatic carbocycles. The number of rotatable bonds is 10. The Hall–Kier alpha value is -0.383. The number of allylic oxidation sites excluding steroid dienone is 8. The van der Waals surface area contributed by atoms with Gasteiger partial charge in [0, 0.05) is 61.2 Å². The van der Waals surface area contributed by atoms with Crippen molar-refractivity contribution >= 4 is 9.52 Å². The summed E-state index contributed by atoms with van der Waals surface area (Å²) in [5, 5.41) is 0. The Morgan fingerprint density at radius 2 is 1.02 bits per heavy atom. The van der Waals surface area contributed by atoms with E-state index in [2.05, 4.69) is 127 Å². The summed E-state index contributed by atoms with van der Waals surface area (Å²) in [6.07, 6.45) is 30.0. The van der Waals surface area contributed by atoms with Crippen molar-refractivity contribution in [1.82, 2.24) is 0 Å². The molecule has 4 rings (SSSR count). The van der Waals surface area contributed by atoms with Crippen LogP contribution in [0.4, 0.5) is 0 Å². The average molecular weight is 901 g/mol. The van der Waals surface area contributed by atoms with Gasteiger partial charge in [0.2, 0.25) is 0 Å². The van der Waals surface area contributed by atoms with Crippen LogP contribution in [0.25, 0.3) is 0 Å². The zero-order valence-electron chi connectivity index (χ0n) is 27.8. The normalized spacial score (nSPS) is 12.0. The Morgan fingerprint density at radius 1 is 0.659 bits per heavy atom. The molecular weight excluding hydrogens is 841 g/mol. The molecule has 0 aromatic heterocycles. The number of aryl methyl sites for hydroxylation is 4. The van der Waals surface area contributed by atoms with Crippen LogP contribution in [0.3, 0.4) is 0 Å². The fourth-order valence-corrected chi connectivity index (χ4v) is 4.17. The van der Waals surface area contributed by atoms with Gasteiger partial charge in [0.05, 0.1) is 0 Å². The van der Waals surface area contributed by atoms with E-state index in [1.807, 2.05) is 0 Å². The molecule has 0 N–H and O–H groups in total. The van der Waals surface area contributed by atoms with Crippen LogP contribution in [0.1, 0.15) is 114 Å². The summed E-state index contributed by atoms with van der Waals surface area (Å²) in [6.45, 7) is 17.6. The molecule has 2 aliphatic carbocycles. The van der Waals surface area contributed by atoms with Gasteiger partial charge in [0.15, 0.2) is 0 Å². The molecule has 0 amide bonds. The van der Waals surface area contributed by atoms with Gasteiger partial charge in [-0.25, -0.2) is 47.6 Å². The molecule has 0 bridgehead atoms. The summed E-state index contributed by atoms with van der Waals surface area (Å²) >= 11 is 0. The van der Waals surface area contributed by atoms with Crippen molar-refractivity contribution in [3.63, 3.8) is 0 Å². The number of hydrogen-bond donors (Lipinski definition) is 0. The van der Waals surface area contributed by atoms with E-state index < -0.39 is 0 Å². The minimum absolute atomic E-state index is 0. The third kappa shape index (κ3) is 24.7. The van der Waals surface area contributed by atoms with E-state index >= 15 is 0 Å². The van der Waals surface area contributed by atoms with Crippen LogP contribution in [-0.4, -0.2) is 9.52 Å².